The molecule has 0 aliphatic heterocycles. The van der Waals surface area contributed by atoms with Gasteiger partial charge in [0.15, 0.2) is 0 Å². The SMILES string of the molecule is CN(C)C(=O)c1cccc(CCNC(=O)Cc2ccc(N)cc2)c1.Cl. The number of anilines is 1. The normalized spacial score (nSPS) is 9.84. The van der Waals surface area contributed by atoms with E-state index in [1.54, 1.807) is 37.2 Å². The summed E-state index contributed by atoms with van der Waals surface area (Å²) in [7, 11) is 3.46. The second-order valence-corrected chi connectivity index (χ2v) is 5.92. The molecule has 0 aromatic heterocycles. The molecule has 0 atom stereocenters. The smallest absolute Gasteiger partial charge is 0.253 e. The first kappa shape index (κ1) is 20.5. The lowest BCUT2D eigenvalue weighted by molar-refractivity contribution is -0.120. The number of halogens is 1. The first-order chi connectivity index (χ1) is 11.5. The van der Waals surface area contributed by atoms with Crippen molar-refractivity contribution >= 4 is 29.9 Å². The molecule has 25 heavy (non-hydrogen) atoms. The molecule has 6 heteroatoms. The highest BCUT2D eigenvalue weighted by Crippen LogP contribution is 2.08. The van der Waals surface area contributed by atoms with Crippen molar-refractivity contribution in [2.45, 2.75) is 12.8 Å². The van der Waals surface area contributed by atoms with Crippen LogP contribution in [0.25, 0.3) is 0 Å². The van der Waals surface area contributed by atoms with E-state index < -0.39 is 0 Å². The molecule has 2 rings (SSSR count). The lowest BCUT2D eigenvalue weighted by Gasteiger charge is -2.11. The van der Waals surface area contributed by atoms with Gasteiger partial charge in [-0.1, -0.05) is 24.3 Å². The van der Waals surface area contributed by atoms with E-state index in [0.717, 1.165) is 11.1 Å². The van der Waals surface area contributed by atoms with Crippen LogP contribution in [-0.2, 0) is 17.6 Å². The van der Waals surface area contributed by atoms with Crippen molar-refractivity contribution in [1.29, 1.82) is 0 Å². The Morgan fingerprint density at radius 1 is 1.04 bits per heavy atom. The van der Waals surface area contributed by atoms with E-state index in [-0.39, 0.29) is 24.2 Å². The topological polar surface area (TPSA) is 75.4 Å². The molecular formula is C19H24ClN3O2. The summed E-state index contributed by atoms with van der Waals surface area (Å²) < 4.78 is 0. The van der Waals surface area contributed by atoms with Crippen LogP contribution in [0.3, 0.4) is 0 Å². The molecule has 0 radical (unpaired) electrons. The number of nitrogens with zero attached hydrogens (tertiary/aromatic N) is 1. The van der Waals surface area contributed by atoms with E-state index >= 15 is 0 Å². The zero-order valence-corrected chi connectivity index (χ0v) is 15.3. The Labute approximate surface area is 154 Å². The van der Waals surface area contributed by atoms with Crippen molar-refractivity contribution in [2.24, 2.45) is 0 Å². The number of nitrogen functional groups attached to an aromatic ring is 1. The second kappa shape index (κ2) is 9.69. The summed E-state index contributed by atoms with van der Waals surface area (Å²) in [6.07, 6.45) is 1.02. The molecule has 2 aromatic rings. The minimum absolute atomic E-state index is 0. The van der Waals surface area contributed by atoms with Gasteiger partial charge in [-0.2, -0.15) is 0 Å². The summed E-state index contributed by atoms with van der Waals surface area (Å²) in [6.45, 7) is 0.535. The van der Waals surface area contributed by atoms with Crippen LogP contribution in [-0.4, -0.2) is 37.4 Å². The minimum Gasteiger partial charge on any atom is -0.399 e. The molecule has 0 saturated heterocycles. The van der Waals surface area contributed by atoms with Crippen LogP contribution in [0.5, 0.6) is 0 Å². The summed E-state index contributed by atoms with van der Waals surface area (Å²) in [5, 5.41) is 2.90. The van der Waals surface area contributed by atoms with Crippen molar-refractivity contribution in [2.75, 3.05) is 26.4 Å². The van der Waals surface area contributed by atoms with Gasteiger partial charge in [0, 0.05) is 31.9 Å². The van der Waals surface area contributed by atoms with Crippen LogP contribution in [0, 0.1) is 0 Å². The summed E-state index contributed by atoms with van der Waals surface area (Å²) in [5.41, 5.74) is 8.93. The van der Waals surface area contributed by atoms with Crippen molar-refractivity contribution in [3.63, 3.8) is 0 Å². The maximum absolute atomic E-state index is 12.0. The molecule has 2 aromatic carbocycles. The minimum atomic E-state index is -0.0275. The lowest BCUT2D eigenvalue weighted by Crippen LogP contribution is -2.27. The molecule has 0 fully saturated rings. The standard InChI is InChI=1S/C19H23N3O2.ClH/c1-22(2)19(24)16-5-3-4-14(12-16)10-11-21-18(23)13-15-6-8-17(20)9-7-15;/h3-9,12H,10-11,13,20H2,1-2H3,(H,21,23);1H. The second-order valence-electron chi connectivity index (χ2n) is 5.92. The fourth-order valence-corrected chi connectivity index (χ4v) is 2.35. The van der Waals surface area contributed by atoms with Gasteiger partial charge in [-0.25, -0.2) is 0 Å². The van der Waals surface area contributed by atoms with Gasteiger partial charge in [0.05, 0.1) is 6.42 Å². The summed E-state index contributed by atoms with van der Waals surface area (Å²) in [4.78, 5) is 25.5. The van der Waals surface area contributed by atoms with E-state index in [2.05, 4.69) is 5.32 Å². The Hall–Kier alpha value is -2.53. The van der Waals surface area contributed by atoms with Gasteiger partial charge in [-0.3, -0.25) is 9.59 Å². The zero-order chi connectivity index (χ0) is 17.5. The lowest BCUT2D eigenvalue weighted by atomic mass is 10.1. The third-order valence-corrected chi connectivity index (χ3v) is 3.66. The Morgan fingerprint density at radius 3 is 2.36 bits per heavy atom. The van der Waals surface area contributed by atoms with Crippen LogP contribution in [0.1, 0.15) is 21.5 Å². The highest BCUT2D eigenvalue weighted by Gasteiger charge is 2.08. The summed E-state index contributed by atoms with van der Waals surface area (Å²) in [5.74, 6) is -0.0514. The van der Waals surface area contributed by atoms with Gasteiger partial charge in [0.25, 0.3) is 5.91 Å². The number of nitrogens with one attached hydrogen (secondary N) is 1. The molecule has 5 nitrogen and oxygen atoms in total. The predicted molar refractivity (Wildman–Crippen MR) is 103 cm³/mol. The van der Waals surface area contributed by atoms with Gasteiger partial charge in [0.2, 0.25) is 5.91 Å². The monoisotopic (exact) mass is 361 g/mol. The quantitative estimate of drug-likeness (QED) is 0.775. The van der Waals surface area contributed by atoms with E-state index in [1.165, 1.54) is 0 Å². The molecule has 0 heterocycles. The number of rotatable bonds is 6. The summed E-state index contributed by atoms with van der Waals surface area (Å²) in [6, 6.07) is 14.8. The third-order valence-electron chi connectivity index (χ3n) is 3.66. The molecule has 3 N–H and O–H groups in total. The molecule has 0 saturated carbocycles. The van der Waals surface area contributed by atoms with Gasteiger partial charge in [0.1, 0.15) is 0 Å². The van der Waals surface area contributed by atoms with Gasteiger partial charge < -0.3 is 16.0 Å². The first-order valence-corrected chi connectivity index (χ1v) is 7.87. The first-order valence-electron chi connectivity index (χ1n) is 7.87. The number of nitrogens with two attached hydrogens (primary N) is 1. The van der Waals surface area contributed by atoms with Crippen molar-refractivity contribution in [3.05, 3.63) is 65.2 Å². The Balaban J connectivity index is 0.00000312. The molecule has 0 aliphatic carbocycles. The van der Waals surface area contributed by atoms with Crippen LogP contribution in [0.2, 0.25) is 0 Å². The Kier molecular flexibility index (Phi) is 7.95. The number of hydrogen-bond donors (Lipinski definition) is 2. The highest BCUT2D eigenvalue weighted by molar-refractivity contribution is 5.94. The molecule has 0 unspecified atom stereocenters. The molecule has 0 bridgehead atoms. The molecule has 134 valence electrons. The van der Waals surface area contributed by atoms with Gasteiger partial charge in [-0.05, 0) is 41.8 Å². The highest BCUT2D eigenvalue weighted by atomic mass is 35.5. The van der Waals surface area contributed by atoms with Crippen LogP contribution >= 0.6 is 12.4 Å². The predicted octanol–water partition coefficient (Wildman–Crippen LogP) is 2.29. The van der Waals surface area contributed by atoms with Crippen LogP contribution < -0.4 is 11.1 Å². The zero-order valence-electron chi connectivity index (χ0n) is 14.5. The van der Waals surface area contributed by atoms with Crippen LogP contribution in [0.4, 0.5) is 5.69 Å². The largest absolute Gasteiger partial charge is 0.399 e. The number of carbonyl (C=O) groups is 2. The molecule has 0 aliphatic rings. The maximum Gasteiger partial charge on any atom is 0.253 e. The average Bonchev–Trinajstić information content (AvgIpc) is 2.56. The van der Waals surface area contributed by atoms with Crippen molar-refractivity contribution in [1.82, 2.24) is 10.2 Å². The van der Waals surface area contributed by atoms with Gasteiger partial charge >= 0.3 is 0 Å². The fourth-order valence-electron chi connectivity index (χ4n) is 2.35. The fraction of sp³-hybridized carbons (Fsp3) is 0.263. The average molecular weight is 362 g/mol. The Bertz CT molecular complexity index is 715. The number of amides is 2. The molecule has 0 spiro atoms. The number of benzene rings is 2. The van der Waals surface area contributed by atoms with Gasteiger partial charge in [-0.15, -0.1) is 12.4 Å². The number of hydrogen-bond acceptors (Lipinski definition) is 3. The Morgan fingerprint density at radius 2 is 1.72 bits per heavy atom. The van der Waals surface area contributed by atoms with Crippen molar-refractivity contribution < 1.29 is 9.59 Å². The van der Waals surface area contributed by atoms with E-state index in [4.69, 9.17) is 5.73 Å². The number of carbonyl (C=O) groups excluding carboxylic acids is 2. The van der Waals surface area contributed by atoms with E-state index in [0.29, 0.717) is 30.6 Å². The molecule has 2 amide bonds. The van der Waals surface area contributed by atoms with E-state index in [9.17, 15) is 9.59 Å². The third kappa shape index (κ3) is 6.47. The molecular weight excluding hydrogens is 338 g/mol. The summed E-state index contributed by atoms with van der Waals surface area (Å²) >= 11 is 0. The van der Waals surface area contributed by atoms with Crippen molar-refractivity contribution in [3.8, 4) is 0 Å². The maximum atomic E-state index is 12.0. The van der Waals surface area contributed by atoms with E-state index in [1.807, 2.05) is 30.3 Å². The van der Waals surface area contributed by atoms with Crippen LogP contribution in [0.15, 0.2) is 48.5 Å².